The van der Waals surface area contributed by atoms with Gasteiger partial charge in [-0.05, 0) is 31.3 Å². The third kappa shape index (κ3) is 4.94. The third-order valence-electron chi connectivity index (χ3n) is 3.04. The van der Waals surface area contributed by atoms with Gasteiger partial charge in [0.2, 0.25) is 0 Å². The molecule has 0 heterocycles. The molecule has 0 aliphatic rings. The van der Waals surface area contributed by atoms with Crippen LogP contribution >= 0.6 is 0 Å². The lowest BCUT2D eigenvalue weighted by Gasteiger charge is -2.19. The molecule has 0 unspecified atom stereocenters. The first-order valence-corrected chi connectivity index (χ1v) is 6.74. The zero-order chi connectivity index (χ0) is 14.1. The monoisotopic (exact) mass is 261 g/mol. The molecule has 0 aliphatic heterocycles. The molecule has 1 rings (SSSR count). The summed E-state index contributed by atoms with van der Waals surface area (Å²) in [7, 11) is 1.69. The molecule has 0 spiro atoms. The van der Waals surface area contributed by atoms with Gasteiger partial charge >= 0.3 is 0 Å². The van der Waals surface area contributed by atoms with Crippen molar-refractivity contribution in [3.05, 3.63) is 29.3 Å². The Kier molecular flexibility index (Phi) is 7.02. The fourth-order valence-electron chi connectivity index (χ4n) is 1.89. The molecular weight excluding hydrogens is 238 g/mol. The van der Waals surface area contributed by atoms with E-state index in [1.54, 1.807) is 7.11 Å². The molecule has 1 aromatic carbocycles. The first-order valence-electron chi connectivity index (χ1n) is 6.74. The van der Waals surface area contributed by atoms with Gasteiger partial charge in [-0.25, -0.2) is 0 Å². The molecule has 0 atom stereocenters. The Morgan fingerprint density at radius 2 is 2.00 bits per heavy atom. The van der Waals surface area contributed by atoms with Crippen LogP contribution in [0.1, 0.15) is 31.4 Å². The van der Waals surface area contributed by atoms with Crippen molar-refractivity contribution < 1.29 is 9.84 Å². The van der Waals surface area contributed by atoms with E-state index in [-0.39, 0.29) is 6.61 Å². The summed E-state index contributed by atoms with van der Waals surface area (Å²) in [5, 5.41) is 8.73. The van der Waals surface area contributed by atoms with Gasteiger partial charge in [-0.1, -0.05) is 25.7 Å². The molecule has 1 N–H and O–H groups in total. The smallest absolute Gasteiger partial charge is 0.123 e. The minimum atomic E-state index is 0.107. The second-order valence-electron chi connectivity index (χ2n) is 4.26. The van der Waals surface area contributed by atoms with Crippen LogP contribution in [0.25, 0.3) is 0 Å². The lowest BCUT2D eigenvalue weighted by Crippen LogP contribution is -2.22. The molecule has 0 radical (unpaired) electrons. The maximum atomic E-state index is 8.73. The van der Waals surface area contributed by atoms with E-state index in [0.29, 0.717) is 6.42 Å². The topological polar surface area (TPSA) is 32.7 Å². The Hall–Kier alpha value is -1.50. The van der Waals surface area contributed by atoms with Crippen LogP contribution in [0.15, 0.2) is 18.2 Å². The normalized spacial score (nSPS) is 10.2. The van der Waals surface area contributed by atoms with E-state index < -0.39 is 0 Å². The highest BCUT2D eigenvalue weighted by atomic mass is 16.5. The quantitative estimate of drug-likeness (QED) is 0.797. The molecule has 0 aromatic heterocycles. The van der Waals surface area contributed by atoms with Crippen LogP contribution in [0.2, 0.25) is 0 Å². The number of hydrogen-bond donors (Lipinski definition) is 1. The highest BCUT2D eigenvalue weighted by Crippen LogP contribution is 2.21. The highest BCUT2D eigenvalue weighted by molar-refractivity contribution is 5.44. The molecule has 104 valence electrons. The number of aliphatic hydroxyl groups is 1. The Morgan fingerprint density at radius 1 is 1.26 bits per heavy atom. The highest BCUT2D eigenvalue weighted by Gasteiger charge is 2.07. The summed E-state index contributed by atoms with van der Waals surface area (Å²) < 4.78 is 5.40. The van der Waals surface area contributed by atoms with Crippen molar-refractivity contribution >= 4 is 0 Å². The minimum absolute atomic E-state index is 0.107. The van der Waals surface area contributed by atoms with Gasteiger partial charge in [0.25, 0.3) is 0 Å². The first kappa shape index (κ1) is 15.6. The van der Waals surface area contributed by atoms with Crippen molar-refractivity contribution in [2.45, 2.75) is 26.8 Å². The van der Waals surface area contributed by atoms with Gasteiger partial charge in [0.05, 0.1) is 13.7 Å². The summed E-state index contributed by atoms with van der Waals surface area (Å²) in [5.41, 5.74) is 2.12. The molecular formula is C16H23NO2. The second-order valence-corrected chi connectivity index (χ2v) is 4.26. The number of benzene rings is 1. The summed E-state index contributed by atoms with van der Waals surface area (Å²) in [6.07, 6.45) is 0.511. The second kappa shape index (κ2) is 8.58. The van der Waals surface area contributed by atoms with E-state index >= 15 is 0 Å². The van der Waals surface area contributed by atoms with Crippen molar-refractivity contribution in [3.63, 3.8) is 0 Å². The third-order valence-corrected chi connectivity index (χ3v) is 3.04. The molecule has 0 aliphatic carbocycles. The summed E-state index contributed by atoms with van der Waals surface area (Å²) in [6, 6.07) is 5.98. The van der Waals surface area contributed by atoms with Gasteiger partial charge < -0.3 is 9.84 Å². The van der Waals surface area contributed by atoms with E-state index in [9.17, 15) is 0 Å². The van der Waals surface area contributed by atoms with Crippen LogP contribution in [-0.4, -0.2) is 36.8 Å². The zero-order valence-electron chi connectivity index (χ0n) is 12.1. The number of nitrogens with zero attached hydrogens (tertiary/aromatic N) is 1. The standard InChI is InChI=1S/C16H23NO2/c1-4-17(5-2)13-15-12-14(8-6-7-11-18)9-10-16(15)19-3/h9-10,12,18H,4-5,7,11,13H2,1-3H3. The molecule has 3 nitrogen and oxygen atoms in total. The van der Waals surface area contributed by atoms with E-state index in [0.717, 1.165) is 36.5 Å². The lowest BCUT2D eigenvalue weighted by molar-refractivity contribution is 0.289. The first-order chi connectivity index (χ1) is 9.24. The number of rotatable bonds is 6. The number of aliphatic hydroxyl groups excluding tert-OH is 1. The van der Waals surface area contributed by atoms with Crippen LogP contribution in [0.3, 0.4) is 0 Å². The Balaban J connectivity index is 2.93. The number of methoxy groups -OCH3 is 1. The van der Waals surface area contributed by atoms with E-state index in [4.69, 9.17) is 9.84 Å². The van der Waals surface area contributed by atoms with E-state index in [2.05, 4.69) is 36.7 Å². The van der Waals surface area contributed by atoms with E-state index in [1.165, 1.54) is 0 Å². The Bertz CT molecular complexity index is 442. The van der Waals surface area contributed by atoms with Gasteiger partial charge in [0.15, 0.2) is 0 Å². The largest absolute Gasteiger partial charge is 0.496 e. The number of ether oxygens (including phenoxy) is 1. The SMILES string of the molecule is CCN(CC)Cc1cc(C#CCCO)ccc1OC. The van der Waals surface area contributed by atoms with Gasteiger partial charge in [-0.15, -0.1) is 0 Å². The molecule has 0 amide bonds. The fourth-order valence-corrected chi connectivity index (χ4v) is 1.89. The van der Waals surface area contributed by atoms with E-state index in [1.807, 2.05) is 12.1 Å². The van der Waals surface area contributed by atoms with Crippen LogP contribution in [-0.2, 0) is 6.54 Å². The maximum Gasteiger partial charge on any atom is 0.123 e. The van der Waals surface area contributed by atoms with Gasteiger partial charge in [-0.2, -0.15) is 0 Å². The van der Waals surface area contributed by atoms with Crippen molar-refractivity contribution in [3.8, 4) is 17.6 Å². The molecule has 0 saturated carbocycles. The Labute approximate surface area is 116 Å². The van der Waals surface area contributed by atoms with Crippen LogP contribution in [0.5, 0.6) is 5.75 Å². The molecule has 0 saturated heterocycles. The predicted molar refractivity (Wildman–Crippen MR) is 78.2 cm³/mol. The molecule has 19 heavy (non-hydrogen) atoms. The van der Waals surface area contributed by atoms with Crippen LogP contribution in [0.4, 0.5) is 0 Å². The van der Waals surface area contributed by atoms with Crippen molar-refractivity contribution in [2.24, 2.45) is 0 Å². The maximum absolute atomic E-state index is 8.73. The van der Waals surface area contributed by atoms with Gasteiger partial charge in [0.1, 0.15) is 5.75 Å². The zero-order valence-corrected chi connectivity index (χ0v) is 12.1. The van der Waals surface area contributed by atoms with Crippen LogP contribution in [0, 0.1) is 11.8 Å². The molecule has 0 fully saturated rings. The van der Waals surface area contributed by atoms with Crippen LogP contribution < -0.4 is 4.74 Å². The van der Waals surface area contributed by atoms with Gasteiger partial charge in [0, 0.05) is 24.1 Å². The average Bonchev–Trinajstić information content (AvgIpc) is 2.45. The predicted octanol–water partition coefficient (Wildman–Crippen LogP) is 2.27. The minimum Gasteiger partial charge on any atom is -0.496 e. The summed E-state index contributed by atoms with van der Waals surface area (Å²) >= 11 is 0. The molecule has 0 bridgehead atoms. The van der Waals surface area contributed by atoms with Gasteiger partial charge in [-0.3, -0.25) is 4.90 Å². The lowest BCUT2D eigenvalue weighted by atomic mass is 10.1. The fraction of sp³-hybridized carbons (Fsp3) is 0.500. The Morgan fingerprint density at radius 3 is 2.58 bits per heavy atom. The summed E-state index contributed by atoms with van der Waals surface area (Å²) in [5.74, 6) is 6.91. The summed E-state index contributed by atoms with van der Waals surface area (Å²) in [6.45, 7) is 7.31. The molecule has 1 aromatic rings. The summed E-state index contributed by atoms with van der Waals surface area (Å²) in [4.78, 5) is 2.34. The van der Waals surface area contributed by atoms with Crippen molar-refractivity contribution in [1.82, 2.24) is 4.90 Å². The van der Waals surface area contributed by atoms with Crippen molar-refractivity contribution in [1.29, 1.82) is 0 Å². The number of hydrogen-bond acceptors (Lipinski definition) is 3. The van der Waals surface area contributed by atoms with Crippen molar-refractivity contribution in [2.75, 3.05) is 26.8 Å². The molecule has 3 heteroatoms. The average molecular weight is 261 g/mol.